The lowest BCUT2D eigenvalue weighted by molar-refractivity contribution is 0.110. The zero-order chi connectivity index (χ0) is 13.5. The highest BCUT2D eigenvalue weighted by atomic mass is 16.5. The van der Waals surface area contributed by atoms with Gasteiger partial charge in [0.05, 0.1) is 6.61 Å². The highest BCUT2D eigenvalue weighted by Crippen LogP contribution is 2.24. The van der Waals surface area contributed by atoms with E-state index in [2.05, 4.69) is 26.1 Å². The molecule has 2 N–H and O–H groups in total. The minimum atomic E-state index is 0.132. The van der Waals surface area contributed by atoms with Gasteiger partial charge in [-0.1, -0.05) is 31.5 Å². The third kappa shape index (κ3) is 5.07. The number of aryl methyl sites for hydroxylation is 1. The molecule has 1 unspecified atom stereocenters. The van der Waals surface area contributed by atoms with Crippen molar-refractivity contribution in [1.29, 1.82) is 0 Å². The molecule has 1 atom stereocenters. The number of phenolic OH excluding ortho intramolecular Hbond substituents is 1. The molecule has 0 saturated carbocycles. The van der Waals surface area contributed by atoms with Gasteiger partial charge in [-0.2, -0.15) is 0 Å². The summed E-state index contributed by atoms with van der Waals surface area (Å²) in [5.74, 6) is 0.923. The number of benzene rings is 1. The lowest BCUT2D eigenvalue weighted by Gasteiger charge is -2.16. The first-order chi connectivity index (χ1) is 8.50. The van der Waals surface area contributed by atoms with Crippen molar-refractivity contribution in [2.75, 3.05) is 19.8 Å². The van der Waals surface area contributed by atoms with E-state index in [1.807, 2.05) is 19.1 Å². The Bertz CT molecular complexity index is 364. The predicted octanol–water partition coefficient (Wildman–Crippen LogP) is 3.02. The van der Waals surface area contributed by atoms with E-state index >= 15 is 0 Å². The first-order valence-electron chi connectivity index (χ1n) is 6.61. The van der Waals surface area contributed by atoms with Crippen LogP contribution in [0.15, 0.2) is 18.2 Å². The molecule has 0 aliphatic heterocycles. The van der Waals surface area contributed by atoms with Gasteiger partial charge < -0.3 is 15.2 Å². The summed E-state index contributed by atoms with van der Waals surface area (Å²) in [6.45, 7) is 10.7. The molecule has 102 valence electrons. The molecule has 18 heavy (non-hydrogen) atoms. The molecule has 0 radical (unpaired) electrons. The molecule has 1 rings (SSSR count). The van der Waals surface area contributed by atoms with Gasteiger partial charge in [0.2, 0.25) is 0 Å². The summed E-state index contributed by atoms with van der Waals surface area (Å²) in [5, 5.41) is 13.2. The highest BCUT2D eigenvalue weighted by molar-refractivity contribution is 5.37. The normalized spacial score (nSPS) is 12.9. The largest absolute Gasteiger partial charge is 0.508 e. The van der Waals surface area contributed by atoms with Gasteiger partial charge in [-0.3, -0.25) is 0 Å². The standard InChI is InChI=1S/C15H25NO2/c1-11(2)10-18-8-7-16-13(4)14-9-12(3)5-6-15(14)17/h5-6,9,11,13,16-17H,7-8,10H2,1-4H3. The Hall–Kier alpha value is -1.06. The van der Waals surface area contributed by atoms with Crippen LogP contribution in [0.1, 0.15) is 37.9 Å². The van der Waals surface area contributed by atoms with Crippen LogP contribution < -0.4 is 5.32 Å². The molecule has 1 aromatic carbocycles. The highest BCUT2D eigenvalue weighted by Gasteiger charge is 2.09. The van der Waals surface area contributed by atoms with Crippen LogP contribution in [0.3, 0.4) is 0 Å². The van der Waals surface area contributed by atoms with Crippen molar-refractivity contribution >= 4 is 0 Å². The Balaban J connectivity index is 2.36. The third-order valence-electron chi connectivity index (χ3n) is 2.80. The van der Waals surface area contributed by atoms with Crippen molar-refractivity contribution in [1.82, 2.24) is 5.32 Å². The molecule has 0 amide bonds. The molecule has 3 heteroatoms. The quantitative estimate of drug-likeness (QED) is 0.732. The van der Waals surface area contributed by atoms with Gasteiger partial charge in [-0.15, -0.1) is 0 Å². The number of rotatable bonds is 7. The summed E-state index contributed by atoms with van der Waals surface area (Å²) in [7, 11) is 0. The second kappa shape index (κ2) is 7.39. The van der Waals surface area contributed by atoms with Crippen molar-refractivity contribution in [3.63, 3.8) is 0 Å². The van der Waals surface area contributed by atoms with E-state index in [1.54, 1.807) is 6.07 Å². The zero-order valence-corrected chi connectivity index (χ0v) is 11.9. The van der Waals surface area contributed by atoms with Gasteiger partial charge in [-0.05, 0) is 25.8 Å². The van der Waals surface area contributed by atoms with Gasteiger partial charge in [0.15, 0.2) is 0 Å². The maximum Gasteiger partial charge on any atom is 0.120 e. The molecule has 3 nitrogen and oxygen atoms in total. The molecule has 1 aromatic rings. The van der Waals surface area contributed by atoms with Crippen LogP contribution in [0.25, 0.3) is 0 Å². The van der Waals surface area contributed by atoms with E-state index in [-0.39, 0.29) is 6.04 Å². The first-order valence-corrected chi connectivity index (χ1v) is 6.61. The van der Waals surface area contributed by atoms with E-state index in [1.165, 1.54) is 0 Å². The molecule has 0 aliphatic carbocycles. The van der Waals surface area contributed by atoms with Crippen LogP contribution in [0, 0.1) is 12.8 Å². The minimum absolute atomic E-state index is 0.132. The zero-order valence-electron chi connectivity index (χ0n) is 11.9. The maximum absolute atomic E-state index is 9.81. The number of hydrogen-bond acceptors (Lipinski definition) is 3. The van der Waals surface area contributed by atoms with Crippen LogP contribution in [0.4, 0.5) is 0 Å². The molecular formula is C15H25NO2. The molecule has 0 aliphatic rings. The summed E-state index contributed by atoms with van der Waals surface area (Å²) >= 11 is 0. The van der Waals surface area contributed by atoms with Crippen LogP contribution in [0.5, 0.6) is 5.75 Å². The van der Waals surface area contributed by atoms with Gasteiger partial charge in [0, 0.05) is 24.8 Å². The van der Waals surface area contributed by atoms with E-state index in [0.29, 0.717) is 18.3 Å². The van der Waals surface area contributed by atoms with E-state index in [0.717, 1.165) is 24.3 Å². The first kappa shape index (κ1) is 15.0. The smallest absolute Gasteiger partial charge is 0.120 e. The van der Waals surface area contributed by atoms with Gasteiger partial charge >= 0.3 is 0 Å². The number of nitrogens with one attached hydrogen (secondary N) is 1. The lowest BCUT2D eigenvalue weighted by atomic mass is 10.0. The van der Waals surface area contributed by atoms with E-state index in [9.17, 15) is 5.11 Å². The number of ether oxygens (including phenoxy) is 1. The summed E-state index contributed by atoms with van der Waals surface area (Å²) in [6, 6.07) is 5.81. The van der Waals surface area contributed by atoms with Crippen molar-refractivity contribution in [2.45, 2.75) is 33.7 Å². The second-order valence-corrected chi connectivity index (χ2v) is 5.21. The summed E-state index contributed by atoms with van der Waals surface area (Å²) in [6.07, 6.45) is 0. The van der Waals surface area contributed by atoms with Crippen LogP contribution in [-0.4, -0.2) is 24.9 Å². The van der Waals surface area contributed by atoms with Crippen LogP contribution >= 0.6 is 0 Å². The van der Waals surface area contributed by atoms with Gasteiger partial charge in [0.25, 0.3) is 0 Å². The van der Waals surface area contributed by atoms with E-state index in [4.69, 9.17) is 4.74 Å². The fourth-order valence-electron chi connectivity index (χ4n) is 1.80. The Morgan fingerprint density at radius 2 is 2.00 bits per heavy atom. The lowest BCUT2D eigenvalue weighted by Crippen LogP contribution is -2.24. The monoisotopic (exact) mass is 251 g/mol. The Morgan fingerprint density at radius 1 is 1.28 bits per heavy atom. The van der Waals surface area contributed by atoms with Gasteiger partial charge in [0.1, 0.15) is 5.75 Å². The van der Waals surface area contributed by atoms with Crippen LogP contribution in [0.2, 0.25) is 0 Å². The van der Waals surface area contributed by atoms with Crippen molar-refractivity contribution < 1.29 is 9.84 Å². The van der Waals surface area contributed by atoms with Gasteiger partial charge in [-0.25, -0.2) is 0 Å². The molecule has 0 spiro atoms. The fourth-order valence-corrected chi connectivity index (χ4v) is 1.80. The molecular weight excluding hydrogens is 226 g/mol. The average molecular weight is 251 g/mol. The van der Waals surface area contributed by atoms with Crippen LogP contribution in [-0.2, 0) is 4.74 Å². The molecule has 0 heterocycles. The Labute approximate surface area is 110 Å². The predicted molar refractivity (Wildman–Crippen MR) is 74.9 cm³/mol. The minimum Gasteiger partial charge on any atom is -0.508 e. The topological polar surface area (TPSA) is 41.5 Å². The average Bonchev–Trinajstić information content (AvgIpc) is 2.31. The molecule has 0 fully saturated rings. The molecule has 0 saturated heterocycles. The van der Waals surface area contributed by atoms with Crippen molar-refractivity contribution in [2.24, 2.45) is 5.92 Å². The summed E-state index contributed by atoms with van der Waals surface area (Å²) < 4.78 is 5.51. The Morgan fingerprint density at radius 3 is 2.67 bits per heavy atom. The third-order valence-corrected chi connectivity index (χ3v) is 2.80. The second-order valence-electron chi connectivity index (χ2n) is 5.21. The number of phenols is 1. The Kier molecular flexibility index (Phi) is 6.16. The summed E-state index contributed by atoms with van der Waals surface area (Å²) in [4.78, 5) is 0. The van der Waals surface area contributed by atoms with Crippen molar-refractivity contribution in [3.05, 3.63) is 29.3 Å². The molecule has 0 bridgehead atoms. The number of aromatic hydroxyl groups is 1. The molecule has 0 aromatic heterocycles. The maximum atomic E-state index is 9.81. The fraction of sp³-hybridized carbons (Fsp3) is 0.600. The summed E-state index contributed by atoms with van der Waals surface area (Å²) in [5.41, 5.74) is 2.10. The van der Waals surface area contributed by atoms with Crippen molar-refractivity contribution in [3.8, 4) is 5.75 Å². The SMILES string of the molecule is Cc1ccc(O)c(C(C)NCCOCC(C)C)c1. The number of hydrogen-bond donors (Lipinski definition) is 2. The van der Waals surface area contributed by atoms with E-state index < -0.39 is 0 Å².